The molecule has 0 aliphatic carbocycles. The molecule has 0 amide bonds. The van der Waals surface area contributed by atoms with E-state index in [9.17, 15) is 0 Å². The molecule has 2 heterocycles. The molecule has 0 radical (unpaired) electrons. The van der Waals surface area contributed by atoms with Crippen LogP contribution in [0.25, 0.3) is 0 Å². The van der Waals surface area contributed by atoms with Crippen molar-refractivity contribution in [3.05, 3.63) is 51.6 Å². The fourth-order valence-electron chi connectivity index (χ4n) is 2.26. The van der Waals surface area contributed by atoms with Crippen molar-refractivity contribution in [1.82, 2.24) is 4.98 Å². The van der Waals surface area contributed by atoms with E-state index in [4.69, 9.17) is 10.00 Å². The van der Waals surface area contributed by atoms with E-state index in [2.05, 4.69) is 32.3 Å². The lowest BCUT2D eigenvalue weighted by Gasteiger charge is -2.10. The van der Waals surface area contributed by atoms with Gasteiger partial charge in [0.05, 0.1) is 6.61 Å². The Balaban J connectivity index is 1.80. The Labute approximate surface area is 125 Å². The van der Waals surface area contributed by atoms with Crippen LogP contribution in [0.5, 0.6) is 5.75 Å². The molecular formula is C15H12BrN3O. The average molecular weight is 330 g/mol. The monoisotopic (exact) mass is 329 g/mol. The summed E-state index contributed by atoms with van der Waals surface area (Å²) in [5.74, 6) is 1.66. The standard InChI is InChI=1S/C15H12BrN3O/c16-12-6-10-4-5-20-15(10)11(7-12)9-18-14-3-1-2-13(8-17)19-14/h1-3,6-7H,4-5,9H2,(H,18,19). The summed E-state index contributed by atoms with van der Waals surface area (Å²) in [5, 5.41) is 12.1. The molecule has 0 spiro atoms. The van der Waals surface area contributed by atoms with Gasteiger partial charge in [-0.05, 0) is 29.8 Å². The molecule has 4 nitrogen and oxygen atoms in total. The number of halogens is 1. The minimum absolute atomic E-state index is 0.408. The number of pyridine rings is 1. The number of aromatic nitrogens is 1. The second-order valence-electron chi connectivity index (χ2n) is 4.53. The molecule has 3 rings (SSSR count). The Kier molecular flexibility index (Phi) is 3.57. The third-order valence-corrected chi connectivity index (χ3v) is 3.61. The predicted octanol–water partition coefficient (Wildman–Crippen LogP) is 3.26. The number of benzene rings is 1. The summed E-state index contributed by atoms with van der Waals surface area (Å²) in [6.07, 6.45) is 0.948. The molecule has 0 atom stereocenters. The largest absolute Gasteiger partial charge is 0.493 e. The van der Waals surface area contributed by atoms with Gasteiger partial charge < -0.3 is 10.1 Å². The highest BCUT2D eigenvalue weighted by Gasteiger charge is 2.17. The average Bonchev–Trinajstić information content (AvgIpc) is 2.93. The lowest BCUT2D eigenvalue weighted by Crippen LogP contribution is -2.03. The van der Waals surface area contributed by atoms with Crippen LogP contribution >= 0.6 is 15.9 Å². The van der Waals surface area contributed by atoms with E-state index in [-0.39, 0.29) is 0 Å². The number of rotatable bonds is 3. The number of nitrogens with one attached hydrogen (secondary N) is 1. The van der Waals surface area contributed by atoms with Gasteiger partial charge in [0.15, 0.2) is 0 Å². The van der Waals surface area contributed by atoms with Gasteiger partial charge in [0, 0.05) is 23.0 Å². The lowest BCUT2D eigenvalue weighted by atomic mass is 10.1. The molecule has 5 heteroatoms. The zero-order valence-corrected chi connectivity index (χ0v) is 12.3. The van der Waals surface area contributed by atoms with Gasteiger partial charge in [-0.25, -0.2) is 4.98 Å². The van der Waals surface area contributed by atoms with Gasteiger partial charge in [-0.15, -0.1) is 0 Å². The van der Waals surface area contributed by atoms with Crippen molar-refractivity contribution in [3.8, 4) is 11.8 Å². The summed E-state index contributed by atoms with van der Waals surface area (Å²) in [7, 11) is 0. The predicted molar refractivity (Wildman–Crippen MR) is 79.6 cm³/mol. The first-order valence-corrected chi connectivity index (χ1v) is 7.10. The summed E-state index contributed by atoms with van der Waals surface area (Å²) < 4.78 is 6.74. The van der Waals surface area contributed by atoms with Crippen LogP contribution < -0.4 is 10.1 Å². The van der Waals surface area contributed by atoms with Crippen molar-refractivity contribution in [2.45, 2.75) is 13.0 Å². The summed E-state index contributed by atoms with van der Waals surface area (Å²) in [6.45, 7) is 1.35. The Morgan fingerprint density at radius 3 is 3.15 bits per heavy atom. The van der Waals surface area contributed by atoms with Gasteiger partial charge >= 0.3 is 0 Å². The number of hydrogen-bond acceptors (Lipinski definition) is 4. The minimum Gasteiger partial charge on any atom is -0.493 e. The Bertz CT molecular complexity index is 694. The number of nitrogens with zero attached hydrogens (tertiary/aromatic N) is 2. The van der Waals surface area contributed by atoms with Crippen LogP contribution in [0.4, 0.5) is 5.82 Å². The van der Waals surface area contributed by atoms with Crippen LogP contribution in [0.15, 0.2) is 34.8 Å². The number of fused-ring (bicyclic) bond motifs is 1. The molecule has 0 fully saturated rings. The molecule has 0 saturated carbocycles. The minimum atomic E-state index is 0.408. The van der Waals surface area contributed by atoms with Crippen molar-refractivity contribution in [2.24, 2.45) is 0 Å². The van der Waals surface area contributed by atoms with Gasteiger partial charge in [-0.1, -0.05) is 22.0 Å². The maximum Gasteiger partial charge on any atom is 0.142 e. The first-order chi connectivity index (χ1) is 9.76. The van der Waals surface area contributed by atoms with Gasteiger partial charge in [0.25, 0.3) is 0 Å². The molecule has 100 valence electrons. The lowest BCUT2D eigenvalue weighted by molar-refractivity contribution is 0.354. The molecular weight excluding hydrogens is 318 g/mol. The van der Waals surface area contributed by atoms with E-state index in [0.29, 0.717) is 18.1 Å². The molecule has 20 heavy (non-hydrogen) atoms. The molecule has 1 aromatic carbocycles. The summed E-state index contributed by atoms with van der Waals surface area (Å²) in [6, 6.07) is 11.5. The van der Waals surface area contributed by atoms with Crippen molar-refractivity contribution in [2.75, 3.05) is 11.9 Å². The zero-order chi connectivity index (χ0) is 13.9. The number of nitriles is 1. The molecule has 2 aromatic rings. The topological polar surface area (TPSA) is 57.9 Å². The first kappa shape index (κ1) is 12.9. The first-order valence-electron chi connectivity index (χ1n) is 6.31. The summed E-state index contributed by atoms with van der Waals surface area (Å²) in [5.41, 5.74) is 2.73. The molecule has 0 saturated heterocycles. The zero-order valence-electron chi connectivity index (χ0n) is 10.7. The number of ether oxygens (including phenoxy) is 1. The van der Waals surface area contributed by atoms with Crippen molar-refractivity contribution in [1.29, 1.82) is 5.26 Å². The second kappa shape index (κ2) is 5.51. The van der Waals surface area contributed by atoms with Crippen LogP contribution in [0, 0.1) is 11.3 Å². The summed E-state index contributed by atoms with van der Waals surface area (Å²) >= 11 is 3.52. The van der Waals surface area contributed by atoms with E-state index >= 15 is 0 Å². The van der Waals surface area contributed by atoms with Crippen molar-refractivity contribution >= 4 is 21.7 Å². The van der Waals surface area contributed by atoms with Crippen LogP contribution in [-0.4, -0.2) is 11.6 Å². The van der Waals surface area contributed by atoms with E-state index in [1.807, 2.05) is 24.3 Å². The molecule has 1 aromatic heterocycles. The highest BCUT2D eigenvalue weighted by molar-refractivity contribution is 9.10. The molecule has 0 unspecified atom stereocenters. The van der Waals surface area contributed by atoms with Crippen LogP contribution in [0.2, 0.25) is 0 Å². The van der Waals surface area contributed by atoms with E-state index in [1.54, 1.807) is 6.07 Å². The van der Waals surface area contributed by atoms with Gasteiger partial charge in [-0.2, -0.15) is 5.26 Å². The van der Waals surface area contributed by atoms with Crippen LogP contribution in [0.3, 0.4) is 0 Å². The fourth-order valence-corrected chi connectivity index (χ4v) is 2.81. The van der Waals surface area contributed by atoms with Crippen molar-refractivity contribution in [3.63, 3.8) is 0 Å². The quantitative estimate of drug-likeness (QED) is 0.938. The highest BCUT2D eigenvalue weighted by atomic mass is 79.9. The van der Waals surface area contributed by atoms with Gasteiger partial charge in [-0.3, -0.25) is 0 Å². The van der Waals surface area contributed by atoms with Gasteiger partial charge in [0.2, 0.25) is 0 Å². The maximum absolute atomic E-state index is 8.84. The Morgan fingerprint density at radius 2 is 2.30 bits per heavy atom. The van der Waals surface area contributed by atoms with E-state index in [0.717, 1.165) is 28.8 Å². The maximum atomic E-state index is 8.84. The molecule has 1 aliphatic rings. The normalized spacial score (nSPS) is 12.4. The Morgan fingerprint density at radius 1 is 1.40 bits per heavy atom. The molecule has 1 aliphatic heterocycles. The van der Waals surface area contributed by atoms with Crippen molar-refractivity contribution < 1.29 is 4.74 Å². The number of hydrogen-bond donors (Lipinski definition) is 1. The second-order valence-corrected chi connectivity index (χ2v) is 5.44. The SMILES string of the molecule is N#Cc1cccc(NCc2cc(Br)cc3c2OCC3)n1. The summed E-state index contributed by atoms with van der Waals surface area (Å²) in [4.78, 5) is 4.20. The van der Waals surface area contributed by atoms with Crippen LogP contribution in [-0.2, 0) is 13.0 Å². The third-order valence-electron chi connectivity index (χ3n) is 3.15. The Hall–Kier alpha value is -2.06. The third kappa shape index (κ3) is 2.61. The molecule has 0 bridgehead atoms. The highest BCUT2D eigenvalue weighted by Crippen LogP contribution is 2.33. The molecule has 1 N–H and O–H groups in total. The van der Waals surface area contributed by atoms with E-state index in [1.165, 1.54) is 5.56 Å². The van der Waals surface area contributed by atoms with Crippen LogP contribution in [0.1, 0.15) is 16.8 Å². The van der Waals surface area contributed by atoms with E-state index < -0.39 is 0 Å². The fraction of sp³-hybridized carbons (Fsp3) is 0.200. The smallest absolute Gasteiger partial charge is 0.142 e. The van der Waals surface area contributed by atoms with Gasteiger partial charge in [0.1, 0.15) is 23.3 Å². The number of anilines is 1.